The number of carbonyl (C=O) groups is 4. The third-order valence-electron chi connectivity index (χ3n) is 13.3. The molecule has 3 atom stereocenters. The van der Waals surface area contributed by atoms with Gasteiger partial charge in [0, 0.05) is 101 Å². The number of anilines is 1. The van der Waals surface area contributed by atoms with Gasteiger partial charge in [0.15, 0.2) is 6.29 Å². The van der Waals surface area contributed by atoms with Crippen LogP contribution in [0.1, 0.15) is 111 Å². The minimum atomic E-state index is -0.703. The molecule has 0 aromatic heterocycles. The van der Waals surface area contributed by atoms with Gasteiger partial charge in [0.2, 0.25) is 0 Å². The zero-order valence-electron chi connectivity index (χ0n) is 42.4. The number of methoxy groups -OCH3 is 1. The van der Waals surface area contributed by atoms with Gasteiger partial charge in [0.05, 0.1) is 17.2 Å². The van der Waals surface area contributed by atoms with Gasteiger partial charge >= 0.3 is 0 Å². The van der Waals surface area contributed by atoms with E-state index >= 15 is 0 Å². The third kappa shape index (κ3) is 20.0. The Bertz CT molecular complexity index is 1650. The van der Waals surface area contributed by atoms with Gasteiger partial charge in [-0.15, -0.1) is 0 Å². The number of hydrogen-bond donors (Lipinski definition) is 5. The van der Waals surface area contributed by atoms with Gasteiger partial charge in [-0.3, -0.25) is 18.9 Å². The maximum Gasteiger partial charge on any atom is 0.255 e. The molecule has 0 bridgehead atoms. The van der Waals surface area contributed by atoms with Gasteiger partial charge in [-0.25, -0.2) is 0 Å². The number of allylic oxidation sites excluding steroid dienone is 2. The number of nitrogens with one attached hydrogen (secondary N) is 1. The molecular formula is C51H89N9O6S. The predicted molar refractivity (Wildman–Crippen MR) is 280 cm³/mol. The normalized spacial score (nSPS) is 21.4. The summed E-state index contributed by atoms with van der Waals surface area (Å²) in [7, 11) is 11.1. The molecule has 1 aromatic carbocycles. The van der Waals surface area contributed by atoms with E-state index in [0.717, 1.165) is 94.0 Å². The minimum Gasteiger partial charge on any atom is -0.400 e. The molecule has 3 unspecified atom stereocenters. The van der Waals surface area contributed by atoms with Crippen molar-refractivity contribution in [1.29, 1.82) is 0 Å². The number of nitrogens with zero attached hydrogens (tertiary/aromatic N) is 5. The number of likely N-dealkylation sites (tertiary alicyclic amines) is 1. The molecule has 3 saturated heterocycles. The van der Waals surface area contributed by atoms with Crippen LogP contribution in [0.5, 0.6) is 0 Å². The first kappa shape index (κ1) is 61.3. The number of likely N-dealkylation sites (N-methyl/N-ethyl adjacent to an activating group) is 1. The van der Waals surface area contributed by atoms with E-state index in [-0.39, 0.29) is 18.7 Å². The Morgan fingerprint density at radius 3 is 2.10 bits per heavy atom. The van der Waals surface area contributed by atoms with Crippen molar-refractivity contribution in [1.82, 2.24) is 19.4 Å². The molecule has 8 N–H and O–H groups in total. The SMILES string of the molecule is C=N/C=C(/C=C\C1CCCC1C)C(=C)N.CN.CN(C(=O)c1cccc(N2CCC3(CC2)CC(N2CCC(SN4CCC(N)CC4)CC2)C3)c1C=O)C(C=O)CCC=O.CNC.CO.COC. The lowest BCUT2D eigenvalue weighted by Gasteiger charge is -2.56. The number of aldehydes is 3. The Kier molecular flexibility index (Phi) is 31.6. The number of aliphatic hydroxyl groups is 1. The van der Waals surface area contributed by atoms with Gasteiger partial charge < -0.3 is 56.6 Å². The molecule has 2 aliphatic carbocycles. The average Bonchev–Trinajstić information content (AvgIpc) is 3.76. The molecule has 0 radical (unpaired) electrons. The van der Waals surface area contributed by atoms with E-state index in [9.17, 15) is 19.2 Å². The van der Waals surface area contributed by atoms with Crippen LogP contribution in [0.4, 0.5) is 5.69 Å². The number of carbonyl (C=O) groups excluding carboxylic acids is 4. The quantitative estimate of drug-likeness (QED) is 0.0616. The van der Waals surface area contributed by atoms with Gasteiger partial charge in [0.25, 0.3) is 5.91 Å². The van der Waals surface area contributed by atoms with Crippen LogP contribution in [0, 0.1) is 17.3 Å². The highest BCUT2D eigenvalue weighted by atomic mass is 32.2. The van der Waals surface area contributed by atoms with Crippen LogP contribution in [0.25, 0.3) is 0 Å². The van der Waals surface area contributed by atoms with Crippen LogP contribution in [0.15, 0.2) is 59.4 Å². The second-order valence-corrected chi connectivity index (χ2v) is 19.4. The van der Waals surface area contributed by atoms with Crippen molar-refractivity contribution in [2.45, 2.75) is 114 Å². The Morgan fingerprint density at radius 2 is 1.61 bits per heavy atom. The van der Waals surface area contributed by atoms with Gasteiger partial charge in [-0.2, -0.15) is 0 Å². The van der Waals surface area contributed by atoms with Crippen molar-refractivity contribution in [3.8, 4) is 0 Å². The van der Waals surface area contributed by atoms with E-state index in [0.29, 0.717) is 46.5 Å². The number of piperidine rings is 3. The fraction of sp³-hybridized carbons (Fsp3) is 0.667. The molecule has 1 aromatic rings. The van der Waals surface area contributed by atoms with E-state index in [4.69, 9.17) is 16.6 Å². The van der Waals surface area contributed by atoms with E-state index in [1.165, 1.54) is 70.0 Å². The summed E-state index contributed by atoms with van der Waals surface area (Å²) in [6.07, 6.45) is 22.0. The summed E-state index contributed by atoms with van der Waals surface area (Å²) in [6.45, 7) is 15.8. The van der Waals surface area contributed by atoms with Crippen molar-refractivity contribution < 1.29 is 29.0 Å². The van der Waals surface area contributed by atoms with Crippen molar-refractivity contribution in [3.05, 3.63) is 65.5 Å². The van der Waals surface area contributed by atoms with Crippen molar-refractivity contribution in [2.75, 3.05) is 93.7 Å². The summed E-state index contributed by atoms with van der Waals surface area (Å²) >= 11 is 2.08. The number of benzene rings is 1. The molecule has 380 valence electrons. The molecule has 67 heavy (non-hydrogen) atoms. The highest BCUT2D eigenvalue weighted by Gasteiger charge is 2.48. The molecule has 1 amide bonds. The lowest BCUT2D eigenvalue weighted by Crippen LogP contribution is -2.56. The summed E-state index contributed by atoms with van der Waals surface area (Å²) in [5.41, 5.74) is 19.5. The summed E-state index contributed by atoms with van der Waals surface area (Å²) in [5.74, 6) is 1.09. The molecule has 5 aliphatic rings. The summed E-state index contributed by atoms with van der Waals surface area (Å²) in [6, 6.07) is 5.77. The number of aliphatic hydroxyl groups excluding tert-OH is 1. The van der Waals surface area contributed by atoms with Crippen LogP contribution < -0.4 is 27.4 Å². The Labute approximate surface area is 408 Å². The van der Waals surface area contributed by atoms with Crippen molar-refractivity contribution in [2.24, 2.45) is 39.4 Å². The van der Waals surface area contributed by atoms with E-state index in [1.54, 1.807) is 33.5 Å². The van der Waals surface area contributed by atoms with Crippen molar-refractivity contribution in [3.63, 3.8) is 0 Å². The zero-order valence-corrected chi connectivity index (χ0v) is 43.2. The van der Waals surface area contributed by atoms with E-state index in [1.807, 2.05) is 32.3 Å². The highest BCUT2D eigenvalue weighted by Crippen LogP contribution is 2.52. The maximum atomic E-state index is 13.3. The topological polar surface area (TPSA) is 213 Å². The Balaban J connectivity index is 0.000000744. The fourth-order valence-electron chi connectivity index (χ4n) is 9.46. The highest BCUT2D eigenvalue weighted by molar-refractivity contribution is 7.97. The fourth-order valence-corrected chi connectivity index (χ4v) is 10.7. The Morgan fingerprint density at radius 1 is 1.01 bits per heavy atom. The van der Waals surface area contributed by atoms with Crippen LogP contribution in [0.3, 0.4) is 0 Å². The molecule has 2 saturated carbocycles. The lowest BCUT2D eigenvalue weighted by atomic mass is 9.59. The number of ether oxygens (including phenoxy) is 1. The Hall–Kier alpha value is -3.74. The molecule has 3 heterocycles. The number of hydrogen-bond acceptors (Lipinski definition) is 15. The van der Waals surface area contributed by atoms with Crippen LogP contribution in [-0.4, -0.2) is 163 Å². The zero-order chi connectivity index (χ0) is 50.4. The first-order valence-corrected chi connectivity index (χ1v) is 24.9. The van der Waals surface area contributed by atoms with Gasteiger partial charge in [-0.1, -0.05) is 56.5 Å². The maximum absolute atomic E-state index is 13.3. The van der Waals surface area contributed by atoms with Crippen LogP contribution >= 0.6 is 11.9 Å². The standard InChI is InChI=1S/C32H47N5O4S.C13H20N2.C2H7N.C2H6O.CH5N.CH4O/c1-34(25(22-39)4-3-19-38)31(41)28-5-2-6-30(29(28)23-40)36-17-11-32(12-18-36)20-26(21-32)35-13-9-27(10-14-35)42-37-15-7-24(33)8-16-37;1-10-5-4-6-12(10)7-8-13(9-15-3)11(2)14;2*1-3-2;2*1-2/h2,5-6,19,22-27H,3-4,7-18,20-21,33H2,1H3;7-10,12H,2-6,14H2,1H3;3H,1-2H3;1-2H3;2H2,1H3;2H,1H3/b;8-7-,13-9-;;;;. The molecule has 6 rings (SSSR count). The summed E-state index contributed by atoms with van der Waals surface area (Å²) in [4.78, 5) is 57.9. The molecule has 15 nitrogen and oxygen atoms in total. The van der Waals surface area contributed by atoms with Crippen LogP contribution in [-0.2, 0) is 14.3 Å². The first-order chi connectivity index (χ1) is 32.3. The smallest absolute Gasteiger partial charge is 0.255 e. The number of nitrogens with two attached hydrogens (primary N) is 3. The van der Waals surface area contributed by atoms with Gasteiger partial charge in [-0.05, 0) is 135 Å². The van der Waals surface area contributed by atoms with Crippen molar-refractivity contribution >= 4 is 49.1 Å². The number of aliphatic imine (C=N–C) groups is 1. The second-order valence-electron chi connectivity index (χ2n) is 18.0. The third-order valence-corrected chi connectivity index (χ3v) is 14.8. The summed E-state index contributed by atoms with van der Waals surface area (Å²) < 4.78 is 6.80. The first-order valence-electron chi connectivity index (χ1n) is 24.0. The molecular weight excluding hydrogens is 867 g/mol. The molecule has 16 heteroatoms. The van der Waals surface area contributed by atoms with Gasteiger partial charge in [0.1, 0.15) is 12.6 Å². The van der Waals surface area contributed by atoms with Crippen LogP contribution in [0.2, 0.25) is 0 Å². The van der Waals surface area contributed by atoms with E-state index in [2.05, 4.69) is 73.1 Å². The molecule has 1 spiro atoms. The van der Waals surface area contributed by atoms with E-state index < -0.39 is 6.04 Å². The minimum absolute atomic E-state index is 0.198. The number of amides is 1. The lowest BCUT2D eigenvalue weighted by molar-refractivity contribution is -0.112. The number of rotatable bonds is 15. The molecule has 3 aliphatic heterocycles. The predicted octanol–water partition coefficient (Wildman–Crippen LogP) is 5.72. The largest absolute Gasteiger partial charge is 0.400 e. The molecule has 5 fully saturated rings. The monoisotopic (exact) mass is 956 g/mol. The average molecular weight is 956 g/mol. The summed E-state index contributed by atoms with van der Waals surface area (Å²) in [5, 5.41) is 10.5. The second kappa shape index (κ2) is 34.5.